The van der Waals surface area contributed by atoms with E-state index < -0.39 is 12.1 Å². The third kappa shape index (κ3) is 3.62. The van der Waals surface area contributed by atoms with Crippen LogP contribution in [0.1, 0.15) is 5.69 Å². The minimum absolute atomic E-state index is 0.0702. The highest BCUT2D eigenvalue weighted by Gasteiger charge is 2.27. The van der Waals surface area contributed by atoms with Gasteiger partial charge in [0.05, 0.1) is 18.8 Å². The molecular formula is C13H14N2O4. The van der Waals surface area contributed by atoms with Crippen LogP contribution in [-0.4, -0.2) is 52.7 Å². The molecule has 6 nitrogen and oxygen atoms in total. The number of carboxylic acids is 1. The highest BCUT2D eigenvalue weighted by Crippen LogP contribution is 2.07. The number of aliphatic carboxylic acids is 1. The highest BCUT2D eigenvalue weighted by atomic mass is 16.5. The SMILES string of the molecule is O=C(O)C1CN(C(=O)C=Cc2ccccn2)CCO1. The lowest BCUT2D eigenvalue weighted by molar-refractivity contribution is -0.158. The summed E-state index contributed by atoms with van der Waals surface area (Å²) in [6.07, 6.45) is 3.69. The monoisotopic (exact) mass is 262 g/mol. The van der Waals surface area contributed by atoms with Crippen molar-refractivity contribution in [3.05, 3.63) is 36.2 Å². The maximum Gasteiger partial charge on any atom is 0.334 e. The van der Waals surface area contributed by atoms with Crippen molar-refractivity contribution in [3.63, 3.8) is 0 Å². The molecule has 1 fully saturated rings. The third-order valence-electron chi connectivity index (χ3n) is 2.74. The van der Waals surface area contributed by atoms with Gasteiger partial charge in [-0.15, -0.1) is 0 Å². The molecule has 0 aromatic carbocycles. The van der Waals surface area contributed by atoms with Crippen molar-refractivity contribution in [3.8, 4) is 0 Å². The summed E-state index contributed by atoms with van der Waals surface area (Å²) in [7, 11) is 0. The Morgan fingerprint density at radius 1 is 1.47 bits per heavy atom. The number of morpholine rings is 1. The summed E-state index contributed by atoms with van der Waals surface area (Å²) in [5.41, 5.74) is 0.680. The molecule has 1 aromatic rings. The van der Waals surface area contributed by atoms with E-state index in [0.29, 0.717) is 12.2 Å². The summed E-state index contributed by atoms with van der Waals surface area (Å²) in [4.78, 5) is 28.2. The Hall–Kier alpha value is -2.21. The zero-order valence-corrected chi connectivity index (χ0v) is 10.2. The van der Waals surface area contributed by atoms with Crippen molar-refractivity contribution in [2.24, 2.45) is 0 Å². The van der Waals surface area contributed by atoms with Crippen molar-refractivity contribution in [1.82, 2.24) is 9.88 Å². The first-order valence-electron chi connectivity index (χ1n) is 5.89. The Morgan fingerprint density at radius 2 is 2.32 bits per heavy atom. The van der Waals surface area contributed by atoms with Gasteiger partial charge in [0.25, 0.3) is 0 Å². The second-order valence-electron chi connectivity index (χ2n) is 4.07. The van der Waals surface area contributed by atoms with Crippen LogP contribution in [0, 0.1) is 0 Å². The van der Waals surface area contributed by atoms with Gasteiger partial charge in [0, 0.05) is 18.8 Å². The first-order valence-corrected chi connectivity index (χ1v) is 5.89. The second-order valence-corrected chi connectivity index (χ2v) is 4.07. The molecule has 0 bridgehead atoms. The largest absolute Gasteiger partial charge is 0.479 e. The number of ether oxygens (including phenoxy) is 1. The minimum atomic E-state index is -1.05. The molecule has 1 N–H and O–H groups in total. The van der Waals surface area contributed by atoms with Crippen LogP contribution in [0.15, 0.2) is 30.5 Å². The molecule has 1 atom stereocenters. The second kappa shape index (κ2) is 6.10. The first-order chi connectivity index (χ1) is 9.16. The summed E-state index contributed by atoms with van der Waals surface area (Å²) in [5, 5.41) is 8.85. The van der Waals surface area contributed by atoms with E-state index >= 15 is 0 Å². The molecule has 1 saturated heterocycles. The van der Waals surface area contributed by atoms with E-state index in [4.69, 9.17) is 9.84 Å². The summed E-state index contributed by atoms with van der Waals surface area (Å²) in [6, 6.07) is 5.40. The molecule has 1 aliphatic heterocycles. The maximum absolute atomic E-state index is 11.9. The fourth-order valence-electron chi connectivity index (χ4n) is 1.74. The highest BCUT2D eigenvalue weighted by molar-refractivity contribution is 5.92. The van der Waals surface area contributed by atoms with Crippen molar-refractivity contribution >= 4 is 18.0 Å². The van der Waals surface area contributed by atoms with Gasteiger partial charge in [-0.25, -0.2) is 4.79 Å². The topological polar surface area (TPSA) is 79.7 Å². The van der Waals surface area contributed by atoms with Gasteiger partial charge in [-0.1, -0.05) is 6.07 Å². The van der Waals surface area contributed by atoms with Crippen LogP contribution in [0.2, 0.25) is 0 Å². The van der Waals surface area contributed by atoms with Crippen LogP contribution < -0.4 is 0 Å². The molecule has 0 saturated carbocycles. The van der Waals surface area contributed by atoms with E-state index in [2.05, 4.69) is 4.98 Å². The predicted octanol–water partition coefficient (Wildman–Crippen LogP) is 0.407. The number of amides is 1. The summed E-state index contributed by atoms with van der Waals surface area (Å²) in [5.74, 6) is -1.29. The van der Waals surface area contributed by atoms with E-state index in [1.807, 2.05) is 6.07 Å². The number of nitrogens with zero attached hydrogens (tertiary/aromatic N) is 2. The Kier molecular flexibility index (Phi) is 4.25. The Labute approximate surface area is 110 Å². The quantitative estimate of drug-likeness (QED) is 0.798. The maximum atomic E-state index is 11.9. The van der Waals surface area contributed by atoms with Gasteiger partial charge in [0.2, 0.25) is 5.91 Å². The van der Waals surface area contributed by atoms with Gasteiger partial charge >= 0.3 is 5.97 Å². The zero-order valence-electron chi connectivity index (χ0n) is 10.2. The van der Waals surface area contributed by atoms with Crippen LogP contribution in [-0.2, 0) is 14.3 Å². The summed E-state index contributed by atoms with van der Waals surface area (Å²) >= 11 is 0. The minimum Gasteiger partial charge on any atom is -0.479 e. The van der Waals surface area contributed by atoms with Crippen LogP contribution in [0.5, 0.6) is 0 Å². The molecule has 1 amide bonds. The van der Waals surface area contributed by atoms with Crippen LogP contribution in [0.25, 0.3) is 6.08 Å². The van der Waals surface area contributed by atoms with E-state index in [1.165, 1.54) is 11.0 Å². The molecule has 0 aliphatic carbocycles. The van der Waals surface area contributed by atoms with Gasteiger partial charge in [0.15, 0.2) is 6.10 Å². The molecule has 0 radical (unpaired) electrons. The number of hydrogen-bond donors (Lipinski definition) is 1. The number of rotatable bonds is 3. The molecule has 1 aliphatic rings. The van der Waals surface area contributed by atoms with Crippen molar-refractivity contribution < 1.29 is 19.4 Å². The lowest BCUT2D eigenvalue weighted by Crippen LogP contribution is -2.48. The number of pyridine rings is 1. The molecule has 100 valence electrons. The Morgan fingerprint density at radius 3 is 3.00 bits per heavy atom. The summed E-state index contributed by atoms with van der Waals surface area (Å²) < 4.78 is 5.05. The molecule has 6 heteroatoms. The average Bonchev–Trinajstić information content (AvgIpc) is 2.46. The van der Waals surface area contributed by atoms with E-state index in [0.717, 1.165) is 0 Å². The molecule has 0 spiro atoms. The van der Waals surface area contributed by atoms with Crippen LogP contribution in [0.4, 0.5) is 0 Å². The number of carbonyl (C=O) groups excluding carboxylic acids is 1. The van der Waals surface area contributed by atoms with Crippen molar-refractivity contribution in [2.45, 2.75) is 6.10 Å². The standard InChI is InChI=1S/C13H14N2O4/c16-12(5-4-10-3-1-2-6-14-10)15-7-8-19-11(9-15)13(17)18/h1-6,11H,7-9H2,(H,17,18). The molecule has 2 heterocycles. The molecule has 19 heavy (non-hydrogen) atoms. The fraction of sp³-hybridized carbons (Fsp3) is 0.308. The lowest BCUT2D eigenvalue weighted by Gasteiger charge is -2.30. The Balaban J connectivity index is 1.96. The van der Waals surface area contributed by atoms with Gasteiger partial charge in [0.1, 0.15) is 0 Å². The molecule has 1 aromatic heterocycles. The average molecular weight is 262 g/mol. The summed E-state index contributed by atoms with van der Waals surface area (Å²) in [6.45, 7) is 0.704. The van der Waals surface area contributed by atoms with Gasteiger partial charge in [-0.2, -0.15) is 0 Å². The van der Waals surface area contributed by atoms with E-state index in [-0.39, 0.29) is 19.1 Å². The zero-order chi connectivity index (χ0) is 13.7. The molecule has 2 rings (SSSR count). The van der Waals surface area contributed by atoms with Gasteiger partial charge in [-0.3, -0.25) is 9.78 Å². The van der Waals surface area contributed by atoms with Gasteiger partial charge in [-0.05, 0) is 18.2 Å². The number of aromatic nitrogens is 1. The molecular weight excluding hydrogens is 248 g/mol. The van der Waals surface area contributed by atoms with Crippen molar-refractivity contribution in [2.75, 3.05) is 19.7 Å². The first kappa shape index (κ1) is 13.2. The predicted molar refractivity (Wildman–Crippen MR) is 67.2 cm³/mol. The number of hydrogen-bond acceptors (Lipinski definition) is 4. The number of carbonyl (C=O) groups is 2. The van der Waals surface area contributed by atoms with E-state index in [1.54, 1.807) is 24.4 Å². The van der Waals surface area contributed by atoms with Gasteiger partial charge < -0.3 is 14.7 Å². The van der Waals surface area contributed by atoms with E-state index in [9.17, 15) is 9.59 Å². The smallest absolute Gasteiger partial charge is 0.334 e. The lowest BCUT2D eigenvalue weighted by atomic mass is 10.2. The fourth-order valence-corrected chi connectivity index (χ4v) is 1.74. The third-order valence-corrected chi connectivity index (χ3v) is 2.74. The number of carboxylic acid groups (broad SMARTS) is 1. The normalized spacial score (nSPS) is 19.6. The Bertz CT molecular complexity index is 487. The molecule has 1 unspecified atom stereocenters. The van der Waals surface area contributed by atoms with Crippen LogP contribution in [0.3, 0.4) is 0 Å². The van der Waals surface area contributed by atoms with Crippen molar-refractivity contribution in [1.29, 1.82) is 0 Å². The van der Waals surface area contributed by atoms with Crippen LogP contribution >= 0.6 is 0 Å².